The topological polar surface area (TPSA) is 51.2 Å². The number of hydrogen-bond acceptors (Lipinski definition) is 3. The van der Waals surface area contributed by atoms with Crippen LogP contribution in [0.3, 0.4) is 0 Å². The lowest BCUT2D eigenvalue weighted by atomic mass is 10.1. The zero-order valence-corrected chi connectivity index (χ0v) is 12.8. The van der Waals surface area contributed by atoms with Crippen molar-refractivity contribution in [1.82, 2.24) is 0 Å². The van der Waals surface area contributed by atoms with E-state index in [0.717, 1.165) is 5.56 Å². The van der Waals surface area contributed by atoms with Gasteiger partial charge in [0.15, 0.2) is 9.84 Å². The molecule has 0 radical (unpaired) electrons. The summed E-state index contributed by atoms with van der Waals surface area (Å²) in [5.74, 6) is -1.52. The molecule has 3 atom stereocenters. The Labute approximate surface area is 128 Å². The lowest BCUT2D eigenvalue weighted by molar-refractivity contribution is -0.108. The Morgan fingerprint density at radius 1 is 1.09 bits per heavy atom. The van der Waals surface area contributed by atoms with Crippen LogP contribution in [0.5, 0.6) is 0 Å². The average molecular weight is 318 g/mol. The lowest BCUT2D eigenvalue weighted by Crippen LogP contribution is -2.11. The van der Waals surface area contributed by atoms with Crippen molar-refractivity contribution >= 4 is 16.1 Å². The van der Waals surface area contributed by atoms with Crippen molar-refractivity contribution in [2.45, 2.75) is 23.0 Å². The Morgan fingerprint density at radius 3 is 2.36 bits per heavy atom. The number of aryl methyl sites for hydroxylation is 1. The van der Waals surface area contributed by atoms with Crippen LogP contribution >= 0.6 is 0 Å². The first-order chi connectivity index (χ1) is 10.4. The van der Waals surface area contributed by atoms with Gasteiger partial charge in [0.2, 0.25) is 0 Å². The van der Waals surface area contributed by atoms with Gasteiger partial charge in [0.1, 0.15) is 12.1 Å². The van der Waals surface area contributed by atoms with Crippen LogP contribution in [-0.2, 0) is 14.6 Å². The number of carbonyl (C=O) groups is 1. The quantitative estimate of drug-likeness (QED) is 0.815. The highest BCUT2D eigenvalue weighted by molar-refractivity contribution is 7.92. The SMILES string of the molecule is Cc1ccc(S(=O)(=O)[C@@H]2[C@@H](C=O)[C@H]2c2cccc(F)c2)cc1. The summed E-state index contributed by atoms with van der Waals surface area (Å²) in [6, 6.07) is 12.3. The zero-order chi connectivity index (χ0) is 15.9. The Balaban J connectivity index is 1.97. The molecule has 0 N–H and O–H groups in total. The Bertz CT molecular complexity index is 812. The summed E-state index contributed by atoms with van der Waals surface area (Å²) in [4.78, 5) is 11.4. The van der Waals surface area contributed by atoms with Gasteiger partial charge in [-0.25, -0.2) is 12.8 Å². The van der Waals surface area contributed by atoms with Crippen LogP contribution < -0.4 is 0 Å². The van der Waals surface area contributed by atoms with Crippen molar-refractivity contribution in [1.29, 1.82) is 0 Å². The van der Waals surface area contributed by atoms with Gasteiger partial charge in [-0.2, -0.15) is 0 Å². The monoisotopic (exact) mass is 318 g/mol. The fraction of sp³-hybridized carbons (Fsp3) is 0.235. The summed E-state index contributed by atoms with van der Waals surface area (Å²) in [5.41, 5.74) is 1.51. The first kappa shape index (κ1) is 14.9. The van der Waals surface area contributed by atoms with Gasteiger partial charge >= 0.3 is 0 Å². The highest BCUT2D eigenvalue weighted by atomic mass is 32.2. The van der Waals surface area contributed by atoms with Gasteiger partial charge in [-0.05, 0) is 36.8 Å². The first-order valence-electron chi connectivity index (χ1n) is 6.96. The highest BCUT2D eigenvalue weighted by Crippen LogP contribution is 2.52. The van der Waals surface area contributed by atoms with Crippen molar-refractivity contribution in [2.24, 2.45) is 5.92 Å². The molecule has 0 saturated heterocycles. The average Bonchev–Trinajstić information content (AvgIpc) is 3.23. The summed E-state index contributed by atoms with van der Waals surface area (Å²) >= 11 is 0. The van der Waals surface area contributed by atoms with Gasteiger partial charge in [0, 0.05) is 11.8 Å². The maximum atomic E-state index is 13.3. The van der Waals surface area contributed by atoms with Gasteiger partial charge in [-0.3, -0.25) is 0 Å². The van der Waals surface area contributed by atoms with E-state index in [-0.39, 0.29) is 4.90 Å². The highest BCUT2D eigenvalue weighted by Gasteiger charge is 2.59. The molecule has 1 saturated carbocycles. The van der Waals surface area contributed by atoms with Gasteiger partial charge in [-0.1, -0.05) is 29.8 Å². The molecule has 3 rings (SSSR count). The Morgan fingerprint density at radius 2 is 1.77 bits per heavy atom. The van der Waals surface area contributed by atoms with E-state index in [9.17, 15) is 17.6 Å². The second-order valence-electron chi connectivity index (χ2n) is 5.62. The number of benzene rings is 2. The summed E-state index contributed by atoms with van der Waals surface area (Å²) in [7, 11) is -3.61. The van der Waals surface area contributed by atoms with E-state index in [4.69, 9.17) is 0 Å². The van der Waals surface area contributed by atoms with Crippen LogP contribution in [0.2, 0.25) is 0 Å². The number of halogens is 1. The fourth-order valence-corrected chi connectivity index (χ4v) is 4.99. The standard InChI is InChI=1S/C17H15FO3S/c1-11-5-7-14(8-6-11)22(20,21)17-15(10-19)16(17)12-3-2-4-13(18)9-12/h2-10,15-17H,1H3/t15-,16+,17+/m0/s1. The molecular weight excluding hydrogens is 303 g/mol. The molecule has 114 valence electrons. The number of hydrogen-bond donors (Lipinski definition) is 0. The molecule has 22 heavy (non-hydrogen) atoms. The molecule has 0 aromatic heterocycles. The second-order valence-corrected chi connectivity index (χ2v) is 7.72. The number of rotatable bonds is 4. The summed E-state index contributed by atoms with van der Waals surface area (Å²) < 4.78 is 38.7. The molecule has 0 aliphatic heterocycles. The molecule has 0 spiro atoms. The maximum absolute atomic E-state index is 13.3. The normalized spacial score (nSPS) is 24.0. The van der Waals surface area contributed by atoms with Crippen LogP contribution in [0.25, 0.3) is 0 Å². The van der Waals surface area contributed by atoms with Gasteiger partial charge in [0.05, 0.1) is 10.1 Å². The largest absolute Gasteiger partial charge is 0.303 e. The molecular formula is C17H15FO3S. The van der Waals surface area contributed by atoms with E-state index in [1.165, 1.54) is 18.2 Å². The molecule has 0 bridgehead atoms. The van der Waals surface area contributed by atoms with Crippen LogP contribution in [-0.4, -0.2) is 20.0 Å². The van der Waals surface area contributed by atoms with Crippen molar-refractivity contribution in [3.05, 3.63) is 65.5 Å². The third kappa shape index (κ3) is 2.46. The van der Waals surface area contributed by atoms with Gasteiger partial charge in [-0.15, -0.1) is 0 Å². The lowest BCUT2D eigenvalue weighted by Gasteiger charge is -2.05. The van der Waals surface area contributed by atoms with E-state index in [0.29, 0.717) is 11.8 Å². The van der Waals surface area contributed by atoms with Crippen molar-refractivity contribution < 1.29 is 17.6 Å². The molecule has 5 heteroatoms. The van der Waals surface area contributed by atoms with Crippen molar-refractivity contribution in [3.8, 4) is 0 Å². The van der Waals surface area contributed by atoms with Crippen molar-refractivity contribution in [3.63, 3.8) is 0 Å². The smallest absolute Gasteiger partial charge is 0.182 e. The minimum absolute atomic E-state index is 0.203. The molecule has 1 aliphatic rings. The molecule has 1 aliphatic carbocycles. The minimum atomic E-state index is -3.61. The fourth-order valence-electron chi connectivity index (χ4n) is 2.88. The van der Waals surface area contributed by atoms with Crippen LogP contribution in [0.1, 0.15) is 17.0 Å². The van der Waals surface area contributed by atoms with Gasteiger partial charge < -0.3 is 4.79 Å². The maximum Gasteiger partial charge on any atom is 0.182 e. The van der Waals surface area contributed by atoms with E-state index < -0.39 is 32.7 Å². The van der Waals surface area contributed by atoms with E-state index in [1.807, 2.05) is 6.92 Å². The van der Waals surface area contributed by atoms with Gasteiger partial charge in [0.25, 0.3) is 0 Å². The van der Waals surface area contributed by atoms with Crippen molar-refractivity contribution in [2.75, 3.05) is 0 Å². The molecule has 0 unspecified atom stereocenters. The summed E-state index contributed by atoms with van der Waals surface area (Å²) in [6.45, 7) is 1.87. The molecule has 2 aromatic rings. The minimum Gasteiger partial charge on any atom is -0.303 e. The Kier molecular flexibility index (Phi) is 3.60. The molecule has 1 fully saturated rings. The van der Waals surface area contributed by atoms with Crippen LogP contribution in [0.15, 0.2) is 53.4 Å². The molecule has 0 heterocycles. The predicted molar refractivity (Wildman–Crippen MR) is 80.8 cm³/mol. The van der Waals surface area contributed by atoms with E-state index in [1.54, 1.807) is 30.3 Å². The zero-order valence-electron chi connectivity index (χ0n) is 11.9. The van der Waals surface area contributed by atoms with Crippen LogP contribution in [0, 0.1) is 18.7 Å². The number of carbonyl (C=O) groups excluding carboxylic acids is 1. The van der Waals surface area contributed by atoms with E-state index in [2.05, 4.69) is 0 Å². The first-order valence-corrected chi connectivity index (χ1v) is 8.51. The second kappa shape index (κ2) is 5.32. The van der Waals surface area contributed by atoms with E-state index >= 15 is 0 Å². The Hall–Kier alpha value is -2.01. The number of sulfone groups is 1. The number of aldehydes is 1. The van der Waals surface area contributed by atoms with Crippen LogP contribution in [0.4, 0.5) is 4.39 Å². The molecule has 3 nitrogen and oxygen atoms in total. The third-order valence-corrected chi connectivity index (χ3v) is 6.36. The summed E-state index contributed by atoms with van der Waals surface area (Å²) in [6.07, 6.45) is 0.659. The molecule has 2 aromatic carbocycles. The summed E-state index contributed by atoms with van der Waals surface area (Å²) in [5, 5.41) is -0.811. The molecule has 0 amide bonds. The predicted octanol–water partition coefficient (Wildman–Crippen LogP) is 2.89. The third-order valence-electron chi connectivity index (χ3n) is 4.11.